The van der Waals surface area contributed by atoms with Crippen molar-refractivity contribution in [2.24, 2.45) is 5.92 Å². The molecule has 0 saturated heterocycles. The summed E-state index contributed by atoms with van der Waals surface area (Å²) in [5.74, 6) is -0.595. The summed E-state index contributed by atoms with van der Waals surface area (Å²) in [7, 11) is 0. The van der Waals surface area contributed by atoms with Crippen LogP contribution in [0.3, 0.4) is 0 Å². The Kier molecular flexibility index (Phi) is 0.711. The first-order valence-electron chi connectivity index (χ1n) is 3.09. The molecule has 0 heterocycles. The van der Waals surface area contributed by atoms with Crippen molar-refractivity contribution in [1.82, 2.24) is 0 Å². The number of aliphatic hydroxyl groups is 1. The number of hydrogen-bond acceptors (Lipinski definition) is 1. The largest absolute Gasteiger partial charge is 0.396 e. The normalized spacial score (nSPS) is 26.4. The Labute approximate surface area is 36.8 Å². The Morgan fingerprint density at radius 3 is 2.80 bits per heavy atom. The quantitative estimate of drug-likeness (QED) is 0.487. The Bertz CT molecular complexity index is 68.2. The third kappa shape index (κ3) is 3.96. The number of hydrogen-bond donors (Lipinski definition) is 1. The van der Waals surface area contributed by atoms with Crippen LogP contribution in [-0.4, -0.2) is 11.7 Å². The van der Waals surface area contributed by atoms with Crippen molar-refractivity contribution in [3.05, 3.63) is 0 Å². The molecule has 0 amide bonds. The van der Waals surface area contributed by atoms with E-state index < -0.39 is 12.8 Å². The van der Waals surface area contributed by atoms with Gasteiger partial charge in [0.2, 0.25) is 0 Å². The zero-order valence-electron chi connectivity index (χ0n) is 6.23. The van der Waals surface area contributed by atoms with Crippen molar-refractivity contribution in [3.8, 4) is 0 Å². The van der Waals surface area contributed by atoms with Gasteiger partial charge >= 0.3 is 0 Å². The molecule has 1 unspecified atom stereocenters. The Balaban J connectivity index is 3.62. The maximum absolute atomic E-state index is 8.31. The van der Waals surface area contributed by atoms with Crippen LogP contribution in [0.1, 0.15) is 17.9 Å². The molecule has 0 aliphatic rings. The molecule has 0 radical (unpaired) electrons. The predicted molar refractivity (Wildman–Crippen MR) is 21.9 cm³/mol. The van der Waals surface area contributed by atoms with Gasteiger partial charge in [-0.1, -0.05) is 13.8 Å². The lowest BCUT2D eigenvalue weighted by atomic mass is 10.2. The van der Waals surface area contributed by atoms with Gasteiger partial charge < -0.3 is 5.11 Å². The fourth-order valence-electron chi connectivity index (χ4n) is 0. The molecule has 0 saturated carbocycles. The van der Waals surface area contributed by atoms with E-state index in [-0.39, 0.29) is 6.61 Å². The van der Waals surface area contributed by atoms with Crippen molar-refractivity contribution in [1.29, 1.82) is 0 Å². The minimum absolute atomic E-state index is 0.267. The molecule has 0 aromatic rings. The second-order valence-corrected chi connectivity index (χ2v) is 1.08. The van der Waals surface area contributed by atoms with Crippen molar-refractivity contribution < 1.29 is 9.22 Å². The number of rotatable bonds is 1. The Morgan fingerprint density at radius 1 is 2.20 bits per heavy atom. The van der Waals surface area contributed by atoms with Gasteiger partial charge in [0.1, 0.15) is 0 Å². The molecule has 0 spiro atoms. The second-order valence-electron chi connectivity index (χ2n) is 1.08. The second kappa shape index (κ2) is 2.21. The van der Waals surface area contributed by atoms with Crippen LogP contribution < -0.4 is 0 Å². The summed E-state index contributed by atoms with van der Waals surface area (Å²) in [6, 6.07) is 0. The molecule has 1 atom stereocenters. The highest BCUT2D eigenvalue weighted by atomic mass is 16.3. The summed E-state index contributed by atoms with van der Waals surface area (Å²) in [5, 5.41) is 8.31. The van der Waals surface area contributed by atoms with Crippen LogP contribution in [0.5, 0.6) is 0 Å². The van der Waals surface area contributed by atoms with Crippen LogP contribution in [0.25, 0.3) is 0 Å². The minimum Gasteiger partial charge on any atom is -0.396 e. The van der Waals surface area contributed by atoms with Gasteiger partial charge in [-0.3, -0.25) is 0 Å². The summed E-state index contributed by atoms with van der Waals surface area (Å²) >= 11 is 0. The van der Waals surface area contributed by atoms with Crippen LogP contribution >= 0.6 is 0 Å². The highest BCUT2D eigenvalue weighted by molar-refractivity contribution is 4.32. The molecule has 1 N–H and O–H groups in total. The van der Waals surface area contributed by atoms with Gasteiger partial charge in [-0.05, 0) is 5.92 Å². The summed E-state index contributed by atoms with van der Waals surface area (Å²) in [5.41, 5.74) is 0. The van der Waals surface area contributed by atoms with Crippen molar-refractivity contribution in [2.45, 2.75) is 13.8 Å². The highest BCUT2D eigenvalue weighted by Gasteiger charge is 1.81. The third-order valence-corrected chi connectivity index (χ3v) is 0.274. The molecule has 1 nitrogen and oxygen atoms in total. The van der Waals surface area contributed by atoms with Crippen LogP contribution in [0.4, 0.5) is 0 Å². The monoisotopic (exact) mass is 77.1 g/mol. The van der Waals surface area contributed by atoms with Crippen molar-refractivity contribution >= 4 is 0 Å². The molecule has 0 aliphatic carbocycles. The van der Waals surface area contributed by atoms with E-state index >= 15 is 0 Å². The van der Waals surface area contributed by atoms with E-state index in [0.29, 0.717) is 0 Å². The third-order valence-electron chi connectivity index (χ3n) is 0.274. The molecular weight excluding hydrogens is 64.0 g/mol. The molecule has 0 aromatic heterocycles. The fraction of sp³-hybridized carbons (Fsp3) is 1.00. The van der Waals surface area contributed by atoms with Crippen LogP contribution in [0.15, 0.2) is 0 Å². The summed E-state index contributed by atoms with van der Waals surface area (Å²) in [6.45, 7) is -0.766. The lowest BCUT2D eigenvalue weighted by Gasteiger charge is -1.90. The Morgan fingerprint density at radius 2 is 2.80 bits per heavy atom. The molecule has 5 heavy (non-hydrogen) atoms. The molecule has 1 heteroatoms. The topological polar surface area (TPSA) is 20.2 Å². The van der Waals surface area contributed by atoms with Gasteiger partial charge in [0, 0.05) is 10.7 Å². The molecule has 32 valence electrons. The van der Waals surface area contributed by atoms with Gasteiger partial charge in [-0.15, -0.1) is 0 Å². The maximum Gasteiger partial charge on any atom is 0.0453 e. The Hall–Kier alpha value is -0.0400. The lowest BCUT2D eigenvalue weighted by molar-refractivity contribution is 0.248. The highest BCUT2D eigenvalue weighted by Crippen LogP contribution is 1.83. The van der Waals surface area contributed by atoms with Gasteiger partial charge in [-0.2, -0.15) is 0 Å². The summed E-state index contributed by atoms with van der Waals surface area (Å²) in [4.78, 5) is 0. The summed E-state index contributed by atoms with van der Waals surface area (Å²) in [6.07, 6.45) is 0. The van der Waals surface area contributed by atoms with Crippen molar-refractivity contribution in [3.63, 3.8) is 0 Å². The van der Waals surface area contributed by atoms with Crippen molar-refractivity contribution in [2.75, 3.05) is 6.61 Å². The van der Waals surface area contributed by atoms with E-state index in [4.69, 9.17) is 9.22 Å². The standard InChI is InChI=1S/C4H10O/c1-4(2)3-5/h4-5H,3H2,1-2H3/i1D3. The predicted octanol–water partition coefficient (Wildman–Crippen LogP) is 0.635. The first-order valence-corrected chi connectivity index (χ1v) is 1.59. The molecule has 0 aliphatic heterocycles. The van der Waals surface area contributed by atoms with Gasteiger partial charge in [0.15, 0.2) is 0 Å². The average Bonchev–Trinajstić information content (AvgIpc) is 1.62. The molecule has 0 bridgehead atoms. The van der Waals surface area contributed by atoms with Gasteiger partial charge in [-0.25, -0.2) is 0 Å². The maximum atomic E-state index is 8.31. The smallest absolute Gasteiger partial charge is 0.0453 e. The van der Waals surface area contributed by atoms with Crippen LogP contribution in [0.2, 0.25) is 0 Å². The minimum atomic E-state index is -1.99. The van der Waals surface area contributed by atoms with E-state index in [1.54, 1.807) is 0 Å². The molecule has 0 rings (SSSR count). The van der Waals surface area contributed by atoms with Gasteiger partial charge in [0.05, 0.1) is 0 Å². The number of aliphatic hydroxyl groups excluding tert-OH is 1. The van der Waals surface area contributed by atoms with E-state index in [9.17, 15) is 0 Å². The molecule has 0 fully saturated rings. The van der Waals surface area contributed by atoms with E-state index in [0.717, 1.165) is 0 Å². The molecule has 0 aromatic carbocycles. The van der Waals surface area contributed by atoms with Crippen LogP contribution in [-0.2, 0) is 0 Å². The lowest BCUT2D eigenvalue weighted by Crippen LogP contribution is -1.90. The zero-order valence-corrected chi connectivity index (χ0v) is 3.23. The molecular formula is C4H10O. The van der Waals surface area contributed by atoms with E-state index in [2.05, 4.69) is 0 Å². The van der Waals surface area contributed by atoms with E-state index in [1.165, 1.54) is 6.92 Å². The first kappa shape index (κ1) is 1.61. The van der Waals surface area contributed by atoms with Crippen LogP contribution in [0, 0.1) is 5.92 Å². The first-order chi connectivity index (χ1) is 3.48. The summed E-state index contributed by atoms with van der Waals surface area (Å²) < 4.78 is 20.1. The fourth-order valence-corrected chi connectivity index (χ4v) is 0. The van der Waals surface area contributed by atoms with E-state index in [1.807, 2.05) is 0 Å². The zero-order chi connectivity index (χ0) is 6.78. The average molecular weight is 77.1 g/mol. The SMILES string of the molecule is [2H]C([2H])([2H])C(C)CO. The van der Waals surface area contributed by atoms with Gasteiger partial charge in [0.25, 0.3) is 0 Å².